The van der Waals surface area contributed by atoms with Crippen molar-refractivity contribution in [1.82, 2.24) is 0 Å². The van der Waals surface area contributed by atoms with Crippen LogP contribution in [0.2, 0.25) is 0 Å². The summed E-state index contributed by atoms with van der Waals surface area (Å²) in [6.07, 6.45) is 1.30. The summed E-state index contributed by atoms with van der Waals surface area (Å²) in [5, 5.41) is 11.0. The number of nitrogens with zero attached hydrogens (tertiary/aromatic N) is 2. The zero-order chi connectivity index (χ0) is 18.6. The molecular formula is C17H22N2O6. The Morgan fingerprint density at radius 2 is 2.16 bits per heavy atom. The van der Waals surface area contributed by atoms with Gasteiger partial charge in [0.25, 0.3) is 11.6 Å². The van der Waals surface area contributed by atoms with Crippen LogP contribution in [0.3, 0.4) is 0 Å². The zero-order valence-electron chi connectivity index (χ0n) is 14.6. The van der Waals surface area contributed by atoms with Crippen molar-refractivity contribution in [3.05, 3.63) is 28.3 Å². The van der Waals surface area contributed by atoms with Crippen LogP contribution in [0.5, 0.6) is 5.75 Å². The molecule has 1 aromatic rings. The van der Waals surface area contributed by atoms with E-state index in [1.165, 1.54) is 23.1 Å². The van der Waals surface area contributed by atoms with Gasteiger partial charge in [0.15, 0.2) is 6.10 Å². The van der Waals surface area contributed by atoms with E-state index in [0.29, 0.717) is 12.2 Å². The van der Waals surface area contributed by atoms with Crippen LogP contribution in [-0.4, -0.2) is 35.6 Å². The fourth-order valence-electron chi connectivity index (χ4n) is 2.59. The number of esters is 1. The molecule has 1 heterocycles. The number of amides is 1. The SMILES string of the molecule is CCCCOC(=O)C(C)N1C(=O)C(CC)Oc2ccc([N+](=O)[O-])cc21. The van der Waals surface area contributed by atoms with E-state index in [-0.39, 0.29) is 18.0 Å². The molecule has 136 valence electrons. The van der Waals surface area contributed by atoms with Crippen molar-refractivity contribution >= 4 is 23.3 Å². The van der Waals surface area contributed by atoms with Crippen LogP contribution >= 0.6 is 0 Å². The van der Waals surface area contributed by atoms with Gasteiger partial charge in [-0.2, -0.15) is 0 Å². The van der Waals surface area contributed by atoms with Gasteiger partial charge in [0.05, 0.1) is 17.2 Å². The Labute approximate surface area is 145 Å². The predicted octanol–water partition coefficient (Wildman–Crippen LogP) is 2.83. The first-order valence-electron chi connectivity index (χ1n) is 8.35. The molecule has 0 saturated carbocycles. The molecule has 25 heavy (non-hydrogen) atoms. The van der Waals surface area contributed by atoms with E-state index in [1.54, 1.807) is 13.8 Å². The second kappa shape index (κ2) is 7.96. The summed E-state index contributed by atoms with van der Waals surface area (Å²) in [4.78, 5) is 36.7. The number of carbonyl (C=O) groups is 2. The summed E-state index contributed by atoms with van der Waals surface area (Å²) in [5.74, 6) is -0.614. The van der Waals surface area contributed by atoms with Crippen LogP contribution in [0.15, 0.2) is 18.2 Å². The van der Waals surface area contributed by atoms with Gasteiger partial charge in [-0.3, -0.25) is 19.8 Å². The number of fused-ring (bicyclic) bond motifs is 1. The number of nitro groups is 1. The molecule has 0 aromatic heterocycles. The number of hydrogen-bond donors (Lipinski definition) is 0. The molecule has 2 atom stereocenters. The highest BCUT2D eigenvalue weighted by Gasteiger charge is 2.39. The fraction of sp³-hybridized carbons (Fsp3) is 0.529. The Bertz CT molecular complexity index is 675. The number of carbonyl (C=O) groups excluding carboxylic acids is 2. The maximum atomic E-state index is 12.7. The zero-order valence-corrected chi connectivity index (χ0v) is 14.6. The van der Waals surface area contributed by atoms with Crippen LogP contribution < -0.4 is 9.64 Å². The minimum absolute atomic E-state index is 0.179. The van der Waals surface area contributed by atoms with Crippen LogP contribution in [-0.2, 0) is 14.3 Å². The van der Waals surface area contributed by atoms with E-state index < -0.39 is 28.9 Å². The van der Waals surface area contributed by atoms with Crippen LogP contribution in [0.25, 0.3) is 0 Å². The third-order valence-corrected chi connectivity index (χ3v) is 4.04. The van der Waals surface area contributed by atoms with Gasteiger partial charge in [0.1, 0.15) is 11.8 Å². The smallest absolute Gasteiger partial charge is 0.328 e. The molecule has 2 rings (SSSR count). The van der Waals surface area contributed by atoms with Crippen molar-refractivity contribution in [1.29, 1.82) is 0 Å². The van der Waals surface area contributed by atoms with Crippen LogP contribution in [0.4, 0.5) is 11.4 Å². The van der Waals surface area contributed by atoms with Gasteiger partial charge >= 0.3 is 5.97 Å². The summed E-state index contributed by atoms with van der Waals surface area (Å²) in [5.41, 5.74) is 0.0329. The highest BCUT2D eigenvalue weighted by atomic mass is 16.6. The van der Waals surface area contributed by atoms with E-state index in [2.05, 4.69) is 0 Å². The maximum Gasteiger partial charge on any atom is 0.328 e. The molecule has 0 aliphatic carbocycles. The number of rotatable bonds is 7. The number of unbranched alkanes of at least 4 members (excludes halogenated alkanes) is 1. The van der Waals surface area contributed by atoms with E-state index >= 15 is 0 Å². The van der Waals surface area contributed by atoms with E-state index in [9.17, 15) is 19.7 Å². The van der Waals surface area contributed by atoms with Gasteiger partial charge in [-0.05, 0) is 25.8 Å². The molecule has 1 amide bonds. The Kier molecular flexibility index (Phi) is 5.95. The molecule has 0 saturated heterocycles. The molecule has 0 fully saturated rings. The van der Waals surface area contributed by atoms with Gasteiger partial charge in [-0.25, -0.2) is 4.79 Å². The molecule has 1 aromatic carbocycles. The number of nitro benzene ring substituents is 1. The maximum absolute atomic E-state index is 12.7. The molecule has 2 unspecified atom stereocenters. The number of ether oxygens (including phenoxy) is 2. The molecule has 1 aliphatic heterocycles. The lowest BCUT2D eigenvalue weighted by atomic mass is 10.1. The average molecular weight is 350 g/mol. The number of anilines is 1. The topological polar surface area (TPSA) is 99.0 Å². The van der Waals surface area contributed by atoms with Gasteiger partial charge in [0.2, 0.25) is 0 Å². The second-order valence-electron chi connectivity index (χ2n) is 5.83. The lowest BCUT2D eigenvalue weighted by Crippen LogP contribution is -2.52. The standard InChI is InChI=1S/C17H22N2O6/c1-4-6-9-24-17(21)11(3)18-13-10-12(19(22)23)7-8-15(13)25-14(5-2)16(18)20/h7-8,10-11,14H,4-6,9H2,1-3H3. The van der Waals surface area contributed by atoms with Gasteiger partial charge in [-0.1, -0.05) is 20.3 Å². The highest BCUT2D eigenvalue weighted by Crippen LogP contribution is 2.38. The Hall–Kier alpha value is -2.64. The third kappa shape index (κ3) is 3.89. The van der Waals surface area contributed by atoms with E-state index in [4.69, 9.17) is 9.47 Å². The summed E-state index contributed by atoms with van der Waals surface area (Å²) in [6, 6.07) is 3.10. The monoisotopic (exact) mass is 350 g/mol. The van der Waals surface area contributed by atoms with Gasteiger partial charge < -0.3 is 9.47 Å². The fourth-order valence-corrected chi connectivity index (χ4v) is 2.59. The number of hydrogen-bond acceptors (Lipinski definition) is 6. The van der Waals surface area contributed by atoms with Crippen molar-refractivity contribution in [2.24, 2.45) is 0 Å². The first-order valence-corrected chi connectivity index (χ1v) is 8.35. The molecule has 0 bridgehead atoms. The molecule has 0 spiro atoms. The largest absolute Gasteiger partial charge is 0.478 e. The van der Waals surface area contributed by atoms with Crippen molar-refractivity contribution in [3.63, 3.8) is 0 Å². The minimum atomic E-state index is -0.900. The molecule has 0 radical (unpaired) electrons. The highest BCUT2D eigenvalue weighted by molar-refractivity contribution is 6.04. The first kappa shape index (κ1) is 18.7. The molecule has 8 nitrogen and oxygen atoms in total. The summed E-state index contributed by atoms with van der Waals surface area (Å²) < 4.78 is 10.8. The summed E-state index contributed by atoms with van der Waals surface area (Å²) in [6.45, 7) is 5.59. The minimum Gasteiger partial charge on any atom is -0.478 e. The summed E-state index contributed by atoms with van der Waals surface area (Å²) >= 11 is 0. The number of non-ortho nitro benzene ring substituents is 1. The Balaban J connectivity index is 2.37. The predicted molar refractivity (Wildman–Crippen MR) is 90.6 cm³/mol. The van der Waals surface area contributed by atoms with Gasteiger partial charge in [-0.15, -0.1) is 0 Å². The lowest BCUT2D eigenvalue weighted by molar-refractivity contribution is -0.384. The van der Waals surface area contributed by atoms with Crippen molar-refractivity contribution in [2.45, 2.75) is 52.2 Å². The van der Waals surface area contributed by atoms with Crippen LogP contribution in [0.1, 0.15) is 40.0 Å². The normalized spacial score (nSPS) is 17.5. The summed E-state index contributed by atoms with van der Waals surface area (Å²) in [7, 11) is 0. The quantitative estimate of drug-likeness (QED) is 0.324. The second-order valence-corrected chi connectivity index (χ2v) is 5.83. The first-order chi connectivity index (χ1) is 11.9. The van der Waals surface area contributed by atoms with Gasteiger partial charge in [0, 0.05) is 12.1 Å². The van der Waals surface area contributed by atoms with Crippen molar-refractivity contribution < 1.29 is 24.0 Å². The number of benzene rings is 1. The Morgan fingerprint density at radius 1 is 1.44 bits per heavy atom. The molecule has 0 N–H and O–H groups in total. The Morgan fingerprint density at radius 3 is 2.76 bits per heavy atom. The van der Waals surface area contributed by atoms with Crippen molar-refractivity contribution in [2.75, 3.05) is 11.5 Å². The van der Waals surface area contributed by atoms with E-state index in [1.807, 2.05) is 6.92 Å². The van der Waals surface area contributed by atoms with E-state index in [0.717, 1.165) is 12.8 Å². The average Bonchev–Trinajstić information content (AvgIpc) is 2.60. The molecule has 1 aliphatic rings. The van der Waals surface area contributed by atoms with Crippen LogP contribution in [0, 0.1) is 10.1 Å². The van der Waals surface area contributed by atoms with Crippen molar-refractivity contribution in [3.8, 4) is 5.75 Å². The molecule has 8 heteroatoms. The third-order valence-electron chi connectivity index (χ3n) is 4.04. The molecular weight excluding hydrogens is 328 g/mol. The lowest BCUT2D eigenvalue weighted by Gasteiger charge is -2.36.